The summed E-state index contributed by atoms with van der Waals surface area (Å²) in [5.41, 5.74) is 0. The number of nitroso groups, excluding NO2 is 1. The van der Waals surface area contributed by atoms with Gasteiger partial charge in [-0.15, -0.1) is 6.58 Å². The van der Waals surface area contributed by atoms with Crippen LogP contribution in [0.1, 0.15) is 33.1 Å². The summed E-state index contributed by atoms with van der Waals surface area (Å²) in [4.78, 5) is 10.4. The molecule has 0 aliphatic heterocycles. The molecule has 74 valence electrons. The maximum absolute atomic E-state index is 10.4. The molecule has 0 radical (unpaired) electrons. The highest BCUT2D eigenvalue weighted by molar-refractivity contribution is 4.96. The molecular weight excluding hydrogens is 162 g/mol. The largest absolute Gasteiger partial charge is 0.151 e. The molecule has 0 N–H and O–H groups in total. The van der Waals surface area contributed by atoms with Crippen molar-refractivity contribution >= 4 is 0 Å². The van der Waals surface area contributed by atoms with Gasteiger partial charge in [0, 0.05) is 0 Å². The monoisotopic (exact) mass is 181 g/mol. The quantitative estimate of drug-likeness (QED) is 0.472. The smallest absolute Gasteiger partial charge is 0.0919 e. The summed E-state index contributed by atoms with van der Waals surface area (Å²) >= 11 is 0. The first-order chi connectivity index (χ1) is 6.22. The van der Waals surface area contributed by atoms with Crippen LogP contribution in [0.5, 0.6) is 0 Å². The van der Waals surface area contributed by atoms with Crippen LogP contribution >= 0.6 is 0 Å². The number of nitrogens with zero attached hydrogens (tertiary/aromatic N) is 1. The Morgan fingerprint density at radius 2 is 2.38 bits per heavy atom. The Bertz CT molecular complexity index is 191. The zero-order chi connectivity index (χ0) is 9.84. The van der Waals surface area contributed by atoms with Gasteiger partial charge in [-0.05, 0) is 37.0 Å². The van der Waals surface area contributed by atoms with Crippen LogP contribution < -0.4 is 0 Å². The molecule has 1 fully saturated rings. The van der Waals surface area contributed by atoms with E-state index in [9.17, 15) is 4.91 Å². The lowest BCUT2D eigenvalue weighted by Crippen LogP contribution is -2.35. The summed E-state index contributed by atoms with van der Waals surface area (Å²) in [6.45, 7) is 8.08. The van der Waals surface area contributed by atoms with E-state index in [2.05, 4.69) is 18.7 Å². The van der Waals surface area contributed by atoms with E-state index in [1.165, 1.54) is 6.42 Å². The topological polar surface area (TPSA) is 29.4 Å². The van der Waals surface area contributed by atoms with Crippen LogP contribution in [0.2, 0.25) is 0 Å². The van der Waals surface area contributed by atoms with Gasteiger partial charge in [-0.1, -0.05) is 25.1 Å². The molecule has 0 saturated heterocycles. The van der Waals surface area contributed by atoms with Crippen LogP contribution in [0.25, 0.3) is 0 Å². The third kappa shape index (κ3) is 2.17. The van der Waals surface area contributed by atoms with Crippen LogP contribution in [-0.4, -0.2) is 6.04 Å². The number of hydrogen-bond acceptors (Lipinski definition) is 2. The van der Waals surface area contributed by atoms with Gasteiger partial charge >= 0.3 is 0 Å². The predicted molar refractivity (Wildman–Crippen MR) is 55.4 cm³/mol. The van der Waals surface area contributed by atoms with Gasteiger partial charge < -0.3 is 0 Å². The molecule has 0 heterocycles. The van der Waals surface area contributed by atoms with Crippen molar-refractivity contribution in [1.82, 2.24) is 0 Å². The lowest BCUT2D eigenvalue weighted by molar-refractivity contribution is 0.110. The first-order valence-corrected chi connectivity index (χ1v) is 5.17. The predicted octanol–water partition coefficient (Wildman–Crippen LogP) is 3.38. The first kappa shape index (κ1) is 10.4. The fourth-order valence-corrected chi connectivity index (χ4v) is 2.19. The third-order valence-electron chi connectivity index (χ3n) is 3.49. The Labute approximate surface area is 80.4 Å². The average molecular weight is 181 g/mol. The van der Waals surface area contributed by atoms with Gasteiger partial charge in [-0.3, -0.25) is 0 Å². The SMILES string of the molecule is C=CC1CC(CC(CC)N=O)C1C. The molecule has 0 bridgehead atoms. The van der Waals surface area contributed by atoms with Gasteiger partial charge in [0.15, 0.2) is 0 Å². The molecule has 0 aromatic carbocycles. The third-order valence-corrected chi connectivity index (χ3v) is 3.49. The fraction of sp³-hybridized carbons (Fsp3) is 0.818. The summed E-state index contributed by atoms with van der Waals surface area (Å²) in [6.07, 6.45) is 5.10. The molecule has 4 atom stereocenters. The molecule has 2 nitrogen and oxygen atoms in total. The van der Waals surface area contributed by atoms with Crippen molar-refractivity contribution in [3.05, 3.63) is 17.6 Å². The highest BCUT2D eigenvalue weighted by atomic mass is 16.3. The van der Waals surface area contributed by atoms with Crippen LogP contribution in [0.3, 0.4) is 0 Å². The average Bonchev–Trinajstić information content (AvgIpc) is 2.17. The zero-order valence-electron chi connectivity index (χ0n) is 8.57. The molecule has 4 unspecified atom stereocenters. The van der Waals surface area contributed by atoms with Gasteiger partial charge in [0.05, 0.1) is 6.04 Å². The molecule has 0 aromatic rings. The molecule has 1 saturated carbocycles. The maximum Gasteiger partial charge on any atom is 0.0919 e. The van der Waals surface area contributed by atoms with Gasteiger partial charge in [0.25, 0.3) is 0 Å². The Morgan fingerprint density at radius 1 is 1.69 bits per heavy atom. The minimum Gasteiger partial charge on any atom is -0.151 e. The lowest BCUT2D eigenvalue weighted by atomic mass is 9.63. The van der Waals surface area contributed by atoms with E-state index >= 15 is 0 Å². The maximum atomic E-state index is 10.4. The Morgan fingerprint density at radius 3 is 2.77 bits per heavy atom. The van der Waals surface area contributed by atoms with Gasteiger partial charge in [0.2, 0.25) is 0 Å². The lowest BCUT2D eigenvalue weighted by Gasteiger charge is -2.42. The van der Waals surface area contributed by atoms with Gasteiger partial charge in [0.1, 0.15) is 0 Å². The van der Waals surface area contributed by atoms with Crippen molar-refractivity contribution in [2.45, 2.75) is 39.2 Å². The van der Waals surface area contributed by atoms with E-state index in [1.807, 2.05) is 13.0 Å². The van der Waals surface area contributed by atoms with Crippen LogP contribution in [-0.2, 0) is 0 Å². The van der Waals surface area contributed by atoms with Crippen molar-refractivity contribution in [3.63, 3.8) is 0 Å². The van der Waals surface area contributed by atoms with Crippen LogP contribution in [0.15, 0.2) is 17.8 Å². The van der Waals surface area contributed by atoms with Crippen molar-refractivity contribution < 1.29 is 0 Å². The molecule has 2 heteroatoms. The standard InChI is InChI=1S/C11H19NO/c1-4-9-6-10(8(9)3)7-11(5-2)12-13/h4,8-11H,1,5-7H2,2-3H3. The highest BCUT2D eigenvalue weighted by Gasteiger charge is 2.36. The van der Waals surface area contributed by atoms with Gasteiger partial charge in [-0.2, -0.15) is 4.91 Å². The second kappa shape index (κ2) is 4.54. The summed E-state index contributed by atoms with van der Waals surface area (Å²) in [6, 6.07) is 0.0400. The van der Waals surface area contributed by atoms with E-state index in [4.69, 9.17) is 0 Å². The molecule has 13 heavy (non-hydrogen) atoms. The molecule has 1 rings (SSSR count). The number of hydrogen-bond donors (Lipinski definition) is 0. The Kier molecular flexibility index (Phi) is 3.64. The van der Waals surface area contributed by atoms with Crippen molar-refractivity contribution in [1.29, 1.82) is 0 Å². The summed E-state index contributed by atoms with van der Waals surface area (Å²) in [5, 5.41) is 3.14. The summed E-state index contributed by atoms with van der Waals surface area (Å²) < 4.78 is 0. The second-order valence-corrected chi connectivity index (χ2v) is 4.16. The van der Waals surface area contributed by atoms with E-state index in [0.29, 0.717) is 17.8 Å². The molecule has 1 aliphatic carbocycles. The molecule has 0 aromatic heterocycles. The molecule has 1 aliphatic rings. The Hall–Kier alpha value is -0.660. The zero-order valence-corrected chi connectivity index (χ0v) is 8.57. The number of allylic oxidation sites excluding steroid dienone is 1. The first-order valence-electron chi connectivity index (χ1n) is 5.17. The van der Waals surface area contributed by atoms with Crippen molar-refractivity contribution in [2.24, 2.45) is 22.9 Å². The molecular formula is C11H19NO. The summed E-state index contributed by atoms with van der Waals surface area (Å²) in [5.74, 6) is 2.08. The van der Waals surface area contributed by atoms with Crippen molar-refractivity contribution in [3.8, 4) is 0 Å². The summed E-state index contributed by atoms with van der Waals surface area (Å²) in [7, 11) is 0. The molecule has 0 amide bonds. The van der Waals surface area contributed by atoms with E-state index in [-0.39, 0.29) is 6.04 Å². The van der Waals surface area contributed by atoms with Gasteiger partial charge in [-0.25, -0.2) is 0 Å². The minimum absolute atomic E-state index is 0.0400. The normalized spacial score (nSPS) is 34.8. The van der Waals surface area contributed by atoms with E-state index < -0.39 is 0 Å². The van der Waals surface area contributed by atoms with Crippen LogP contribution in [0.4, 0.5) is 0 Å². The van der Waals surface area contributed by atoms with E-state index in [1.54, 1.807) is 0 Å². The minimum atomic E-state index is 0.0400. The highest BCUT2D eigenvalue weighted by Crippen LogP contribution is 2.43. The molecule has 0 spiro atoms. The number of rotatable bonds is 5. The second-order valence-electron chi connectivity index (χ2n) is 4.16. The Balaban J connectivity index is 2.32. The van der Waals surface area contributed by atoms with Crippen LogP contribution in [0, 0.1) is 22.7 Å². The van der Waals surface area contributed by atoms with Crippen molar-refractivity contribution in [2.75, 3.05) is 0 Å². The fourth-order valence-electron chi connectivity index (χ4n) is 2.19. The van der Waals surface area contributed by atoms with E-state index in [0.717, 1.165) is 12.8 Å².